The van der Waals surface area contributed by atoms with Gasteiger partial charge in [0.05, 0.1) is 0 Å². The Morgan fingerprint density at radius 1 is 0.812 bits per heavy atom. The van der Waals surface area contributed by atoms with Crippen LogP contribution in [0.1, 0.15) is 20.9 Å². The molecule has 0 atom stereocenters. The molecule has 0 aromatic carbocycles. The van der Waals surface area contributed by atoms with Gasteiger partial charge in [0.1, 0.15) is 6.79 Å². The predicted octanol–water partition coefficient (Wildman–Crippen LogP) is 4.54. The van der Waals surface area contributed by atoms with Gasteiger partial charge in [-0.25, -0.2) is 0 Å². The van der Waals surface area contributed by atoms with E-state index in [0.717, 1.165) is 0 Å². The van der Waals surface area contributed by atoms with E-state index in [4.69, 9.17) is 4.79 Å². The van der Waals surface area contributed by atoms with Crippen LogP contribution >= 0.6 is 22.7 Å². The van der Waals surface area contributed by atoms with Crippen LogP contribution in [0, 0.1) is 27.7 Å². The van der Waals surface area contributed by atoms with Gasteiger partial charge in [-0.3, -0.25) is 0 Å². The first-order valence-corrected chi connectivity index (χ1v) is 6.66. The number of hydrogen-bond acceptors (Lipinski definition) is 3. The standard InChI is InChI=1S/2C6H8S.CH2O/c2*1-5-3-6(2)7-4-5;1-2/h2*3-4H,1-2H3;1H2. The van der Waals surface area contributed by atoms with E-state index in [1.807, 2.05) is 6.79 Å². The average Bonchev–Trinajstić information content (AvgIpc) is 2.80. The summed E-state index contributed by atoms with van der Waals surface area (Å²) in [6, 6.07) is 4.37. The van der Waals surface area contributed by atoms with E-state index in [1.54, 1.807) is 22.7 Å². The third-order valence-corrected chi connectivity index (χ3v) is 3.68. The second kappa shape index (κ2) is 8.25. The van der Waals surface area contributed by atoms with E-state index < -0.39 is 0 Å². The first-order chi connectivity index (χ1) is 7.58. The minimum Gasteiger partial charge on any atom is -0.307 e. The maximum atomic E-state index is 8.00. The number of aryl methyl sites for hydroxylation is 4. The summed E-state index contributed by atoms with van der Waals surface area (Å²) in [5.74, 6) is 0. The minimum atomic E-state index is 1.38. The molecule has 2 heterocycles. The third-order valence-electron chi connectivity index (χ3n) is 1.72. The Labute approximate surface area is 106 Å². The van der Waals surface area contributed by atoms with Crippen molar-refractivity contribution in [3.63, 3.8) is 0 Å². The molecule has 0 aliphatic carbocycles. The highest BCUT2D eigenvalue weighted by atomic mass is 32.1. The highest BCUT2D eigenvalue weighted by Gasteiger charge is 1.84. The quantitative estimate of drug-likeness (QED) is 0.674. The van der Waals surface area contributed by atoms with Crippen molar-refractivity contribution in [3.8, 4) is 0 Å². The molecular weight excluding hydrogens is 236 g/mol. The summed E-state index contributed by atoms with van der Waals surface area (Å²) in [6.45, 7) is 10.5. The molecule has 2 aromatic rings. The molecule has 2 aromatic heterocycles. The summed E-state index contributed by atoms with van der Waals surface area (Å²) in [7, 11) is 0. The van der Waals surface area contributed by atoms with Gasteiger partial charge in [-0.2, -0.15) is 0 Å². The van der Waals surface area contributed by atoms with Crippen LogP contribution in [0.4, 0.5) is 0 Å². The molecule has 0 aliphatic heterocycles. The Morgan fingerprint density at radius 2 is 1.12 bits per heavy atom. The highest BCUT2D eigenvalue weighted by molar-refractivity contribution is 7.10. The molecule has 0 bridgehead atoms. The van der Waals surface area contributed by atoms with Crippen molar-refractivity contribution in [2.24, 2.45) is 0 Å². The van der Waals surface area contributed by atoms with Crippen molar-refractivity contribution in [2.75, 3.05) is 0 Å². The van der Waals surface area contributed by atoms with Crippen LogP contribution in [0.2, 0.25) is 0 Å². The van der Waals surface area contributed by atoms with E-state index in [0.29, 0.717) is 0 Å². The molecule has 88 valence electrons. The lowest BCUT2D eigenvalue weighted by molar-refractivity contribution is -0.0979. The van der Waals surface area contributed by atoms with E-state index in [-0.39, 0.29) is 0 Å². The molecular formula is C13H18OS2. The van der Waals surface area contributed by atoms with Crippen LogP contribution < -0.4 is 0 Å². The molecule has 0 N–H and O–H groups in total. The molecule has 0 saturated carbocycles. The van der Waals surface area contributed by atoms with Gasteiger partial charge in [0.25, 0.3) is 0 Å². The molecule has 0 aliphatic rings. The van der Waals surface area contributed by atoms with Gasteiger partial charge in [0, 0.05) is 9.75 Å². The maximum Gasteiger partial charge on any atom is 0.106 e. The summed E-state index contributed by atoms with van der Waals surface area (Å²) in [6.07, 6.45) is 0. The van der Waals surface area contributed by atoms with Crippen molar-refractivity contribution >= 4 is 29.5 Å². The number of hydrogen-bond donors (Lipinski definition) is 0. The molecule has 0 saturated heterocycles. The van der Waals surface area contributed by atoms with Gasteiger partial charge in [0.15, 0.2) is 0 Å². The zero-order valence-corrected chi connectivity index (χ0v) is 11.9. The zero-order chi connectivity index (χ0) is 12.6. The first kappa shape index (κ1) is 15.1. The Kier molecular flexibility index (Phi) is 7.77. The average molecular weight is 254 g/mol. The van der Waals surface area contributed by atoms with E-state index in [1.165, 1.54) is 20.9 Å². The monoisotopic (exact) mass is 254 g/mol. The van der Waals surface area contributed by atoms with Crippen LogP contribution in [0.3, 0.4) is 0 Å². The summed E-state index contributed by atoms with van der Waals surface area (Å²) < 4.78 is 0. The molecule has 16 heavy (non-hydrogen) atoms. The molecule has 0 fully saturated rings. The topological polar surface area (TPSA) is 17.1 Å². The molecule has 0 radical (unpaired) electrons. The lowest BCUT2D eigenvalue weighted by Gasteiger charge is -1.70. The number of carbonyl (C=O) groups excluding carboxylic acids is 1. The number of thiophene rings is 2. The fraction of sp³-hybridized carbons (Fsp3) is 0.308. The fourth-order valence-corrected chi connectivity index (χ4v) is 2.54. The second-order valence-electron chi connectivity index (χ2n) is 3.47. The smallest absolute Gasteiger partial charge is 0.106 e. The van der Waals surface area contributed by atoms with Gasteiger partial charge in [-0.05, 0) is 61.7 Å². The summed E-state index contributed by atoms with van der Waals surface area (Å²) in [5, 5.41) is 4.32. The lowest BCUT2D eigenvalue weighted by atomic mass is 10.4. The maximum absolute atomic E-state index is 8.00. The van der Waals surface area contributed by atoms with E-state index in [2.05, 4.69) is 50.6 Å². The third kappa shape index (κ3) is 6.53. The summed E-state index contributed by atoms with van der Waals surface area (Å²) in [4.78, 5) is 10.8. The van der Waals surface area contributed by atoms with Gasteiger partial charge in [0.2, 0.25) is 0 Å². The van der Waals surface area contributed by atoms with Crippen LogP contribution in [-0.4, -0.2) is 6.79 Å². The molecule has 1 nitrogen and oxygen atoms in total. The second-order valence-corrected chi connectivity index (χ2v) is 5.70. The van der Waals surface area contributed by atoms with Crippen LogP contribution in [-0.2, 0) is 4.79 Å². The van der Waals surface area contributed by atoms with Crippen molar-refractivity contribution < 1.29 is 4.79 Å². The number of rotatable bonds is 0. The largest absolute Gasteiger partial charge is 0.307 e. The Bertz CT molecular complexity index is 330. The first-order valence-electron chi connectivity index (χ1n) is 4.90. The van der Waals surface area contributed by atoms with Gasteiger partial charge in [-0.15, -0.1) is 22.7 Å². The normalized spacial score (nSPS) is 8.50. The van der Waals surface area contributed by atoms with Crippen molar-refractivity contribution in [3.05, 3.63) is 43.8 Å². The van der Waals surface area contributed by atoms with E-state index in [9.17, 15) is 0 Å². The van der Waals surface area contributed by atoms with Gasteiger partial charge >= 0.3 is 0 Å². The molecule has 0 unspecified atom stereocenters. The van der Waals surface area contributed by atoms with Gasteiger partial charge in [-0.1, -0.05) is 0 Å². The van der Waals surface area contributed by atoms with E-state index >= 15 is 0 Å². The Morgan fingerprint density at radius 3 is 1.19 bits per heavy atom. The fourth-order valence-electron chi connectivity index (χ4n) is 1.15. The minimum absolute atomic E-state index is 1.38. The Hall–Kier alpha value is -0.930. The Balaban J connectivity index is 0.000000244. The SMILES string of the molecule is C=O.Cc1csc(C)c1.Cc1csc(C)c1. The predicted molar refractivity (Wildman–Crippen MR) is 74.7 cm³/mol. The highest BCUT2D eigenvalue weighted by Crippen LogP contribution is 2.11. The van der Waals surface area contributed by atoms with Crippen LogP contribution in [0.5, 0.6) is 0 Å². The van der Waals surface area contributed by atoms with Crippen molar-refractivity contribution in [1.29, 1.82) is 0 Å². The van der Waals surface area contributed by atoms with Crippen molar-refractivity contribution in [2.45, 2.75) is 27.7 Å². The molecule has 3 heteroatoms. The molecule has 0 amide bonds. The van der Waals surface area contributed by atoms with Crippen LogP contribution in [0.15, 0.2) is 22.9 Å². The van der Waals surface area contributed by atoms with Crippen molar-refractivity contribution in [1.82, 2.24) is 0 Å². The zero-order valence-electron chi connectivity index (χ0n) is 10.2. The molecule has 2 rings (SSSR count). The van der Waals surface area contributed by atoms with Gasteiger partial charge < -0.3 is 4.79 Å². The van der Waals surface area contributed by atoms with Crippen LogP contribution in [0.25, 0.3) is 0 Å². The molecule has 0 spiro atoms. The summed E-state index contributed by atoms with van der Waals surface area (Å²) >= 11 is 3.61. The number of carbonyl (C=O) groups is 1. The lowest BCUT2D eigenvalue weighted by Crippen LogP contribution is -1.53. The summed E-state index contributed by atoms with van der Waals surface area (Å²) in [5.41, 5.74) is 2.75.